The number of aromatic carboxylic acids is 1. The largest absolute Gasteiger partial charge is 0.477 e. The van der Waals surface area contributed by atoms with E-state index in [2.05, 4.69) is 20.4 Å². The van der Waals surface area contributed by atoms with Gasteiger partial charge in [0.25, 0.3) is 0 Å². The van der Waals surface area contributed by atoms with Crippen LogP contribution in [-0.4, -0.2) is 30.7 Å². The average Bonchev–Trinajstić information content (AvgIpc) is 3.04. The van der Waals surface area contributed by atoms with Gasteiger partial charge in [-0.1, -0.05) is 23.7 Å². The third-order valence-corrected chi connectivity index (χ3v) is 4.06. The van der Waals surface area contributed by atoms with Crippen molar-refractivity contribution in [1.82, 2.24) is 19.6 Å². The van der Waals surface area contributed by atoms with Crippen molar-refractivity contribution in [1.29, 1.82) is 0 Å². The van der Waals surface area contributed by atoms with E-state index in [9.17, 15) is 9.90 Å². The summed E-state index contributed by atoms with van der Waals surface area (Å²) < 4.78 is 1.48. The Balaban J connectivity index is 1.83. The number of carbonyl (C=O) groups is 1. The SMILES string of the molecule is O=C(O)c1cnn2c1nc(NCc1cccc(Cl)c1)c1ccncc12. The Hall–Kier alpha value is -3.19. The number of carboxylic acids is 1. The molecule has 0 bridgehead atoms. The highest BCUT2D eigenvalue weighted by Gasteiger charge is 2.17. The molecule has 3 aromatic heterocycles. The Morgan fingerprint density at radius 3 is 2.96 bits per heavy atom. The first-order chi connectivity index (χ1) is 12.1. The first-order valence-corrected chi connectivity index (χ1v) is 7.84. The molecule has 124 valence electrons. The van der Waals surface area contributed by atoms with Gasteiger partial charge in [0.1, 0.15) is 11.4 Å². The Kier molecular flexibility index (Phi) is 3.70. The second-order valence-corrected chi connectivity index (χ2v) is 5.87. The molecule has 0 aliphatic heterocycles. The van der Waals surface area contributed by atoms with Crippen molar-refractivity contribution in [3.8, 4) is 0 Å². The van der Waals surface area contributed by atoms with Crippen LogP contribution in [0.5, 0.6) is 0 Å². The van der Waals surface area contributed by atoms with Crippen LogP contribution in [0.3, 0.4) is 0 Å². The van der Waals surface area contributed by atoms with Crippen LogP contribution >= 0.6 is 11.6 Å². The minimum atomic E-state index is -1.08. The maximum atomic E-state index is 11.4. The zero-order valence-corrected chi connectivity index (χ0v) is 13.6. The molecule has 0 spiro atoms. The van der Waals surface area contributed by atoms with E-state index in [1.165, 1.54) is 10.7 Å². The molecule has 0 aliphatic carbocycles. The van der Waals surface area contributed by atoms with Gasteiger partial charge in [0.15, 0.2) is 5.65 Å². The monoisotopic (exact) mass is 353 g/mol. The summed E-state index contributed by atoms with van der Waals surface area (Å²) in [4.78, 5) is 20.0. The summed E-state index contributed by atoms with van der Waals surface area (Å²) in [5, 5.41) is 18.2. The quantitative estimate of drug-likeness (QED) is 0.585. The predicted octanol–water partition coefficient (Wildman–Crippen LogP) is 3.24. The zero-order valence-electron chi connectivity index (χ0n) is 12.8. The molecule has 1 aromatic carbocycles. The Morgan fingerprint density at radius 1 is 1.28 bits per heavy atom. The number of nitrogens with one attached hydrogen (secondary N) is 1. The summed E-state index contributed by atoms with van der Waals surface area (Å²) >= 11 is 6.01. The lowest BCUT2D eigenvalue weighted by Crippen LogP contribution is -2.06. The standard InChI is InChI=1S/C17H12ClN5O2/c18-11-3-1-2-10(6-11)7-20-15-12-4-5-19-9-14(12)23-16(22-15)13(8-21-23)17(24)25/h1-6,8-9H,7H2,(H,20,22)(H,24,25). The molecule has 7 nitrogen and oxygen atoms in total. The normalized spacial score (nSPS) is 11.1. The summed E-state index contributed by atoms with van der Waals surface area (Å²) in [5.74, 6) is -0.514. The number of halogens is 1. The fraction of sp³-hybridized carbons (Fsp3) is 0.0588. The van der Waals surface area contributed by atoms with E-state index >= 15 is 0 Å². The Morgan fingerprint density at radius 2 is 2.16 bits per heavy atom. The molecule has 0 unspecified atom stereocenters. The molecular weight excluding hydrogens is 342 g/mol. The van der Waals surface area contributed by atoms with E-state index in [1.807, 2.05) is 30.3 Å². The second-order valence-electron chi connectivity index (χ2n) is 5.44. The van der Waals surface area contributed by atoms with Crippen LogP contribution in [0.25, 0.3) is 16.6 Å². The number of anilines is 1. The van der Waals surface area contributed by atoms with Crippen LogP contribution < -0.4 is 5.32 Å². The van der Waals surface area contributed by atoms with Gasteiger partial charge in [-0.15, -0.1) is 0 Å². The molecule has 0 saturated carbocycles. The first kappa shape index (κ1) is 15.3. The fourth-order valence-electron chi connectivity index (χ4n) is 2.67. The predicted molar refractivity (Wildman–Crippen MR) is 94.0 cm³/mol. The molecule has 0 fully saturated rings. The molecule has 4 rings (SSSR count). The van der Waals surface area contributed by atoms with E-state index in [1.54, 1.807) is 12.4 Å². The number of nitrogens with zero attached hydrogens (tertiary/aromatic N) is 4. The molecule has 0 aliphatic rings. The van der Waals surface area contributed by atoms with Gasteiger partial charge < -0.3 is 10.4 Å². The first-order valence-electron chi connectivity index (χ1n) is 7.46. The van der Waals surface area contributed by atoms with Crippen LogP contribution in [0.4, 0.5) is 5.82 Å². The Bertz CT molecular complexity index is 1110. The fourth-order valence-corrected chi connectivity index (χ4v) is 2.88. The summed E-state index contributed by atoms with van der Waals surface area (Å²) in [7, 11) is 0. The number of rotatable bonds is 4. The van der Waals surface area contributed by atoms with Crippen LogP contribution in [0, 0.1) is 0 Å². The minimum Gasteiger partial charge on any atom is -0.477 e. The zero-order chi connectivity index (χ0) is 17.4. The van der Waals surface area contributed by atoms with Crippen molar-refractivity contribution < 1.29 is 9.90 Å². The van der Waals surface area contributed by atoms with Gasteiger partial charge in [0.2, 0.25) is 0 Å². The molecule has 2 N–H and O–H groups in total. The highest BCUT2D eigenvalue weighted by molar-refractivity contribution is 6.30. The lowest BCUT2D eigenvalue weighted by atomic mass is 10.2. The van der Waals surface area contributed by atoms with Gasteiger partial charge >= 0.3 is 5.97 Å². The minimum absolute atomic E-state index is 0.0385. The van der Waals surface area contributed by atoms with Gasteiger partial charge in [-0.3, -0.25) is 4.98 Å². The number of benzene rings is 1. The topological polar surface area (TPSA) is 92.4 Å². The number of hydrogen-bond acceptors (Lipinski definition) is 5. The highest BCUT2D eigenvalue weighted by atomic mass is 35.5. The maximum Gasteiger partial charge on any atom is 0.341 e. The van der Waals surface area contributed by atoms with Crippen LogP contribution in [0.2, 0.25) is 5.02 Å². The summed E-state index contributed by atoms with van der Waals surface area (Å²) in [6.45, 7) is 0.498. The van der Waals surface area contributed by atoms with E-state index in [-0.39, 0.29) is 11.2 Å². The van der Waals surface area contributed by atoms with Crippen LogP contribution in [0.15, 0.2) is 48.9 Å². The van der Waals surface area contributed by atoms with Gasteiger partial charge in [-0.05, 0) is 23.8 Å². The number of fused-ring (bicyclic) bond motifs is 3. The third kappa shape index (κ3) is 2.74. The maximum absolute atomic E-state index is 11.4. The number of pyridine rings is 1. The van der Waals surface area contributed by atoms with E-state index < -0.39 is 5.97 Å². The van der Waals surface area contributed by atoms with Gasteiger partial charge in [0, 0.05) is 23.2 Å². The summed E-state index contributed by atoms with van der Waals surface area (Å²) in [5.41, 5.74) is 1.97. The van der Waals surface area contributed by atoms with Crippen molar-refractivity contribution in [2.75, 3.05) is 5.32 Å². The molecule has 8 heteroatoms. The average molecular weight is 354 g/mol. The van der Waals surface area contributed by atoms with Crippen molar-refractivity contribution >= 4 is 39.9 Å². The summed E-state index contributed by atoms with van der Waals surface area (Å²) in [6.07, 6.45) is 4.58. The van der Waals surface area contributed by atoms with Crippen molar-refractivity contribution in [2.24, 2.45) is 0 Å². The molecule has 3 heterocycles. The van der Waals surface area contributed by atoms with Crippen molar-refractivity contribution in [2.45, 2.75) is 6.54 Å². The van der Waals surface area contributed by atoms with Crippen molar-refractivity contribution in [3.63, 3.8) is 0 Å². The molecule has 0 saturated heterocycles. The van der Waals surface area contributed by atoms with E-state index in [4.69, 9.17) is 11.6 Å². The molecule has 25 heavy (non-hydrogen) atoms. The molecule has 4 aromatic rings. The number of carboxylic acid groups (broad SMARTS) is 1. The van der Waals surface area contributed by atoms with Crippen LogP contribution in [0.1, 0.15) is 15.9 Å². The van der Waals surface area contributed by atoms with E-state index in [0.29, 0.717) is 22.9 Å². The lowest BCUT2D eigenvalue weighted by Gasteiger charge is -2.10. The molecular formula is C17H12ClN5O2. The third-order valence-electron chi connectivity index (χ3n) is 3.82. The number of hydrogen-bond donors (Lipinski definition) is 2. The van der Waals surface area contributed by atoms with Crippen LogP contribution in [-0.2, 0) is 6.54 Å². The van der Waals surface area contributed by atoms with Gasteiger partial charge in [-0.2, -0.15) is 5.10 Å². The van der Waals surface area contributed by atoms with Gasteiger partial charge in [0.05, 0.1) is 17.9 Å². The Labute approximate surface area is 146 Å². The molecule has 0 amide bonds. The lowest BCUT2D eigenvalue weighted by molar-refractivity contribution is 0.0699. The van der Waals surface area contributed by atoms with E-state index in [0.717, 1.165) is 10.9 Å². The van der Waals surface area contributed by atoms with Crippen molar-refractivity contribution in [3.05, 3.63) is 65.1 Å². The highest BCUT2D eigenvalue weighted by Crippen LogP contribution is 2.24. The molecule has 0 atom stereocenters. The summed E-state index contributed by atoms with van der Waals surface area (Å²) in [6, 6.07) is 9.30. The number of aromatic nitrogens is 4. The van der Waals surface area contributed by atoms with Gasteiger partial charge in [-0.25, -0.2) is 14.3 Å². The molecule has 0 radical (unpaired) electrons. The second kappa shape index (κ2) is 6.03. The smallest absolute Gasteiger partial charge is 0.341 e.